The van der Waals surface area contributed by atoms with Gasteiger partial charge in [-0.3, -0.25) is 9.59 Å². The molecule has 0 aliphatic heterocycles. The van der Waals surface area contributed by atoms with E-state index < -0.39 is 0 Å². The van der Waals surface area contributed by atoms with Crippen molar-refractivity contribution in [1.82, 2.24) is 0 Å². The molecule has 0 aliphatic rings. The summed E-state index contributed by atoms with van der Waals surface area (Å²) in [6.45, 7) is 3.71. The molecule has 25 heavy (non-hydrogen) atoms. The Bertz CT molecular complexity index is 932. The van der Waals surface area contributed by atoms with Crippen LogP contribution in [-0.2, 0) is 0 Å². The van der Waals surface area contributed by atoms with Crippen LogP contribution in [-0.4, -0.2) is 11.8 Å². The molecule has 2 N–H and O–H groups in total. The molecule has 2 aromatic heterocycles. The van der Waals surface area contributed by atoms with Crippen molar-refractivity contribution >= 4 is 45.4 Å². The average molecular weight is 375 g/mol. The zero-order chi connectivity index (χ0) is 18.0. The highest BCUT2D eigenvalue weighted by atomic mass is 35.5. The summed E-state index contributed by atoms with van der Waals surface area (Å²) < 4.78 is 5.05. The molecule has 0 saturated heterocycles. The Morgan fingerprint density at radius 3 is 2.52 bits per heavy atom. The number of nitrogens with one attached hydrogen (secondary N) is 2. The first-order chi connectivity index (χ1) is 11.9. The van der Waals surface area contributed by atoms with Gasteiger partial charge in [0, 0.05) is 10.7 Å². The summed E-state index contributed by atoms with van der Waals surface area (Å²) >= 11 is 7.28. The second kappa shape index (κ2) is 7.13. The maximum Gasteiger partial charge on any atom is 0.291 e. The molecule has 7 heteroatoms. The second-order valence-corrected chi connectivity index (χ2v) is 6.93. The van der Waals surface area contributed by atoms with Crippen molar-refractivity contribution in [2.75, 3.05) is 10.6 Å². The van der Waals surface area contributed by atoms with E-state index in [1.807, 2.05) is 19.9 Å². The van der Waals surface area contributed by atoms with Crippen molar-refractivity contribution in [3.8, 4) is 0 Å². The summed E-state index contributed by atoms with van der Waals surface area (Å²) in [5, 5.41) is 6.71. The molecule has 0 fully saturated rings. The van der Waals surface area contributed by atoms with Crippen LogP contribution in [0.15, 0.2) is 47.1 Å². The van der Waals surface area contributed by atoms with E-state index in [1.54, 1.807) is 30.3 Å². The zero-order valence-corrected chi connectivity index (χ0v) is 15.1. The molecule has 2 heterocycles. The van der Waals surface area contributed by atoms with E-state index in [1.165, 1.54) is 17.6 Å². The van der Waals surface area contributed by atoms with Crippen LogP contribution in [0, 0.1) is 13.8 Å². The minimum absolute atomic E-state index is 0.214. The third-order valence-electron chi connectivity index (χ3n) is 3.54. The summed E-state index contributed by atoms with van der Waals surface area (Å²) in [4.78, 5) is 25.0. The lowest BCUT2D eigenvalue weighted by atomic mass is 10.2. The van der Waals surface area contributed by atoms with Gasteiger partial charge in [-0.05, 0) is 55.3 Å². The van der Waals surface area contributed by atoms with E-state index in [0.717, 1.165) is 11.1 Å². The van der Waals surface area contributed by atoms with Crippen molar-refractivity contribution in [3.05, 3.63) is 69.4 Å². The Hall–Kier alpha value is -2.57. The summed E-state index contributed by atoms with van der Waals surface area (Å²) in [5.41, 5.74) is 2.33. The molecule has 0 bridgehead atoms. The van der Waals surface area contributed by atoms with Gasteiger partial charge in [-0.2, -0.15) is 0 Å². The van der Waals surface area contributed by atoms with Crippen LogP contribution in [0.3, 0.4) is 0 Å². The largest absolute Gasteiger partial charge is 0.459 e. The number of halogens is 1. The van der Waals surface area contributed by atoms with Gasteiger partial charge in [0.1, 0.15) is 0 Å². The Labute approximate surface area is 153 Å². The molecule has 2 amide bonds. The fourth-order valence-electron chi connectivity index (χ4n) is 2.21. The van der Waals surface area contributed by atoms with E-state index in [-0.39, 0.29) is 17.6 Å². The number of carbonyl (C=O) groups is 2. The lowest BCUT2D eigenvalue weighted by Crippen LogP contribution is -2.11. The van der Waals surface area contributed by atoms with Gasteiger partial charge in [0.25, 0.3) is 11.8 Å². The predicted molar refractivity (Wildman–Crippen MR) is 99.9 cm³/mol. The van der Waals surface area contributed by atoms with Crippen LogP contribution in [0.4, 0.5) is 10.7 Å². The minimum atomic E-state index is -0.358. The van der Waals surface area contributed by atoms with E-state index in [2.05, 4.69) is 10.6 Å². The lowest BCUT2D eigenvalue weighted by molar-refractivity contribution is 0.0995. The summed E-state index contributed by atoms with van der Waals surface area (Å²) in [5.74, 6) is -0.393. The lowest BCUT2D eigenvalue weighted by Gasteiger charge is -2.06. The van der Waals surface area contributed by atoms with Gasteiger partial charge in [0.2, 0.25) is 0 Å². The maximum absolute atomic E-state index is 12.5. The van der Waals surface area contributed by atoms with Crippen molar-refractivity contribution < 1.29 is 14.0 Å². The number of benzene rings is 1. The van der Waals surface area contributed by atoms with Gasteiger partial charge in [-0.15, -0.1) is 11.3 Å². The molecule has 3 rings (SSSR count). The van der Waals surface area contributed by atoms with Crippen LogP contribution in [0.5, 0.6) is 0 Å². The van der Waals surface area contributed by atoms with Crippen LogP contribution >= 0.6 is 22.9 Å². The highest BCUT2D eigenvalue weighted by Crippen LogP contribution is 2.28. The first kappa shape index (κ1) is 17.3. The number of amides is 2. The second-order valence-electron chi connectivity index (χ2n) is 5.47. The van der Waals surface area contributed by atoms with Crippen molar-refractivity contribution in [2.24, 2.45) is 0 Å². The van der Waals surface area contributed by atoms with E-state index in [9.17, 15) is 9.59 Å². The van der Waals surface area contributed by atoms with Crippen LogP contribution < -0.4 is 10.6 Å². The molecule has 3 aromatic rings. The monoisotopic (exact) mass is 374 g/mol. The van der Waals surface area contributed by atoms with Gasteiger partial charge in [0.05, 0.1) is 16.1 Å². The van der Waals surface area contributed by atoms with Crippen molar-refractivity contribution in [3.63, 3.8) is 0 Å². The van der Waals surface area contributed by atoms with Crippen molar-refractivity contribution in [2.45, 2.75) is 13.8 Å². The van der Waals surface area contributed by atoms with Gasteiger partial charge < -0.3 is 15.1 Å². The predicted octanol–water partition coefficient (Wildman–Crippen LogP) is 5.12. The van der Waals surface area contributed by atoms with E-state index in [4.69, 9.17) is 16.0 Å². The number of aryl methyl sites for hydroxylation is 2. The first-order valence-electron chi connectivity index (χ1n) is 7.47. The Kier molecular flexibility index (Phi) is 4.92. The van der Waals surface area contributed by atoms with Gasteiger partial charge >= 0.3 is 0 Å². The molecular formula is C18H15ClN2O3S. The fourth-order valence-corrected chi connectivity index (χ4v) is 3.35. The molecule has 0 saturated carbocycles. The first-order valence-corrected chi connectivity index (χ1v) is 8.66. The highest BCUT2D eigenvalue weighted by Gasteiger charge is 2.17. The third-order valence-corrected chi connectivity index (χ3v) is 5.09. The number of hydrogen-bond acceptors (Lipinski definition) is 4. The van der Waals surface area contributed by atoms with Gasteiger partial charge in [-0.25, -0.2) is 0 Å². The number of anilines is 2. The molecule has 128 valence electrons. The standard InChI is InChI=1S/C18H15ClN2O3S/c1-10-5-6-12(9-13(10)19)20-18(23)16-11(2)8-15(25-16)21-17(22)14-4-3-7-24-14/h3-9H,1-2H3,(H,20,23)(H,21,22). The SMILES string of the molecule is Cc1ccc(NC(=O)c2sc(NC(=O)c3ccco3)cc2C)cc1Cl. The number of thiophene rings is 1. The van der Waals surface area contributed by atoms with Crippen molar-refractivity contribution in [1.29, 1.82) is 0 Å². The minimum Gasteiger partial charge on any atom is -0.459 e. The maximum atomic E-state index is 12.5. The fraction of sp³-hybridized carbons (Fsp3) is 0.111. The number of rotatable bonds is 4. The molecule has 5 nitrogen and oxygen atoms in total. The molecular weight excluding hydrogens is 360 g/mol. The molecule has 1 aromatic carbocycles. The molecule has 0 spiro atoms. The normalized spacial score (nSPS) is 10.5. The van der Waals surface area contributed by atoms with Crippen LogP contribution in [0.2, 0.25) is 5.02 Å². The molecule has 0 radical (unpaired) electrons. The summed E-state index contributed by atoms with van der Waals surface area (Å²) in [7, 11) is 0. The van der Waals surface area contributed by atoms with E-state index in [0.29, 0.717) is 20.6 Å². The molecule has 0 unspecified atom stereocenters. The van der Waals surface area contributed by atoms with Gasteiger partial charge in [0.15, 0.2) is 5.76 Å². The quantitative estimate of drug-likeness (QED) is 0.666. The molecule has 0 atom stereocenters. The Balaban J connectivity index is 1.74. The average Bonchev–Trinajstić information content (AvgIpc) is 3.21. The molecule has 0 aliphatic carbocycles. The zero-order valence-electron chi connectivity index (χ0n) is 13.6. The summed E-state index contributed by atoms with van der Waals surface area (Å²) in [6, 6.07) is 10.3. The van der Waals surface area contributed by atoms with Gasteiger partial charge in [-0.1, -0.05) is 17.7 Å². The third kappa shape index (κ3) is 3.92. The number of furan rings is 1. The number of hydrogen-bond donors (Lipinski definition) is 2. The Morgan fingerprint density at radius 2 is 1.84 bits per heavy atom. The summed E-state index contributed by atoms with van der Waals surface area (Å²) in [6.07, 6.45) is 1.43. The highest BCUT2D eigenvalue weighted by molar-refractivity contribution is 7.18. The topological polar surface area (TPSA) is 71.3 Å². The van der Waals surface area contributed by atoms with Crippen LogP contribution in [0.1, 0.15) is 31.4 Å². The Morgan fingerprint density at radius 1 is 1.04 bits per heavy atom. The smallest absolute Gasteiger partial charge is 0.291 e. The van der Waals surface area contributed by atoms with Crippen LogP contribution in [0.25, 0.3) is 0 Å². The van der Waals surface area contributed by atoms with E-state index >= 15 is 0 Å². The number of carbonyl (C=O) groups excluding carboxylic acids is 2.